The van der Waals surface area contributed by atoms with Crippen molar-refractivity contribution in [3.63, 3.8) is 0 Å². The van der Waals surface area contributed by atoms with E-state index in [-0.39, 0.29) is 12.1 Å². The lowest BCUT2D eigenvalue weighted by molar-refractivity contribution is 0.188. The maximum atomic E-state index is 12.9. The second kappa shape index (κ2) is 7.23. The van der Waals surface area contributed by atoms with Gasteiger partial charge in [0, 0.05) is 5.02 Å². The second-order valence-electron chi connectivity index (χ2n) is 6.00. The van der Waals surface area contributed by atoms with E-state index < -0.39 is 0 Å². The van der Waals surface area contributed by atoms with Crippen LogP contribution in [0, 0.1) is 6.92 Å². The summed E-state index contributed by atoms with van der Waals surface area (Å²) in [7, 11) is 1.58. The van der Waals surface area contributed by atoms with Crippen LogP contribution < -0.4 is 19.7 Å². The quantitative estimate of drug-likeness (QED) is 0.849. The molecule has 1 heterocycles. The van der Waals surface area contributed by atoms with Gasteiger partial charge in [-0.25, -0.2) is 4.79 Å². The van der Waals surface area contributed by atoms with Gasteiger partial charge in [0.1, 0.15) is 17.6 Å². The Morgan fingerprint density at radius 2 is 2.16 bits per heavy atom. The predicted molar refractivity (Wildman–Crippen MR) is 100 cm³/mol. The Balaban J connectivity index is 1.92. The maximum Gasteiger partial charge on any atom is 0.326 e. The normalized spacial score (nSPS) is 16.0. The molecule has 0 spiro atoms. The van der Waals surface area contributed by atoms with E-state index in [1.807, 2.05) is 32.0 Å². The summed E-state index contributed by atoms with van der Waals surface area (Å²) >= 11 is 6.11. The molecule has 0 aromatic heterocycles. The van der Waals surface area contributed by atoms with E-state index >= 15 is 0 Å². The van der Waals surface area contributed by atoms with Crippen LogP contribution in [-0.4, -0.2) is 25.8 Å². The topological polar surface area (TPSA) is 50.8 Å². The highest BCUT2D eigenvalue weighted by atomic mass is 35.5. The molecule has 0 aliphatic carbocycles. The molecule has 3 rings (SSSR count). The van der Waals surface area contributed by atoms with Crippen LogP contribution in [0.2, 0.25) is 5.02 Å². The number of methoxy groups -OCH3 is 1. The van der Waals surface area contributed by atoms with E-state index in [9.17, 15) is 4.79 Å². The molecule has 0 fully saturated rings. The smallest absolute Gasteiger partial charge is 0.326 e. The summed E-state index contributed by atoms with van der Waals surface area (Å²) < 4.78 is 11.3. The average Bonchev–Trinajstić information content (AvgIpc) is 2.61. The summed E-state index contributed by atoms with van der Waals surface area (Å²) in [5, 5.41) is 3.50. The van der Waals surface area contributed by atoms with Crippen molar-refractivity contribution in [1.82, 2.24) is 0 Å². The zero-order valence-corrected chi connectivity index (χ0v) is 15.3. The number of hydrogen-bond donors (Lipinski definition) is 1. The standard InChI is InChI=1S/C19H21ClN2O3/c1-4-14-11-22(16-10-13(20)6-8-18(16)25-14)19(23)21-15-9-12(2)5-7-17(15)24-3/h5-10,14H,4,11H2,1-3H3,(H,21,23). The number of ether oxygens (including phenoxy) is 2. The van der Waals surface area contributed by atoms with Crippen molar-refractivity contribution in [3.8, 4) is 11.5 Å². The number of fused-ring (bicyclic) bond motifs is 1. The first-order valence-electron chi connectivity index (χ1n) is 8.21. The monoisotopic (exact) mass is 360 g/mol. The van der Waals surface area contributed by atoms with Crippen molar-refractivity contribution in [2.75, 3.05) is 23.9 Å². The van der Waals surface area contributed by atoms with E-state index in [2.05, 4.69) is 5.32 Å². The fourth-order valence-electron chi connectivity index (χ4n) is 2.83. The number of urea groups is 1. The lowest BCUT2D eigenvalue weighted by Gasteiger charge is -2.34. The molecule has 0 saturated heterocycles. The molecule has 6 heteroatoms. The van der Waals surface area contributed by atoms with E-state index in [0.717, 1.165) is 12.0 Å². The van der Waals surface area contributed by atoms with Crippen LogP contribution in [0.25, 0.3) is 0 Å². The van der Waals surface area contributed by atoms with Crippen molar-refractivity contribution in [3.05, 3.63) is 47.0 Å². The number of anilines is 2. The summed E-state index contributed by atoms with van der Waals surface area (Å²) in [6.07, 6.45) is 0.749. The molecular formula is C19H21ClN2O3. The van der Waals surface area contributed by atoms with E-state index in [0.29, 0.717) is 34.4 Å². The molecule has 1 atom stereocenters. The molecule has 25 heavy (non-hydrogen) atoms. The third-order valence-corrected chi connectivity index (χ3v) is 4.42. The minimum absolute atomic E-state index is 0.0566. The first-order chi connectivity index (χ1) is 12.0. The number of nitrogens with one attached hydrogen (secondary N) is 1. The zero-order chi connectivity index (χ0) is 18.0. The van der Waals surface area contributed by atoms with Gasteiger partial charge in [-0.05, 0) is 49.2 Å². The molecular weight excluding hydrogens is 340 g/mol. The Morgan fingerprint density at radius 3 is 2.88 bits per heavy atom. The minimum atomic E-state index is -0.242. The van der Waals surface area contributed by atoms with Gasteiger partial charge in [0.2, 0.25) is 0 Å². The van der Waals surface area contributed by atoms with Gasteiger partial charge in [-0.3, -0.25) is 4.90 Å². The number of rotatable bonds is 3. The lowest BCUT2D eigenvalue weighted by atomic mass is 10.1. The molecule has 1 aliphatic rings. The third kappa shape index (κ3) is 3.66. The SMILES string of the molecule is CCC1CN(C(=O)Nc2cc(C)ccc2OC)c2cc(Cl)ccc2O1. The first kappa shape index (κ1) is 17.4. The molecule has 0 radical (unpaired) electrons. The predicted octanol–water partition coefficient (Wildman–Crippen LogP) is 4.87. The van der Waals surface area contributed by atoms with Crippen LogP contribution in [0.15, 0.2) is 36.4 Å². The molecule has 0 bridgehead atoms. The van der Waals surface area contributed by atoms with Crippen molar-refractivity contribution in [2.45, 2.75) is 26.4 Å². The van der Waals surface area contributed by atoms with Gasteiger partial charge >= 0.3 is 6.03 Å². The maximum absolute atomic E-state index is 12.9. The van der Waals surface area contributed by atoms with Crippen LogP contribution >= 0.6 is 11.6 Å². The van der Waals surface area contributed by atoms with Crippen LogP contribution in [-0.2, 0) is 0 Å². The van der Waals surface area contributed by atoms with E-state index in [1.54, 1.807) is 30.2 Å². The molecule has 1 unspecified atom stereocenters. The Kier molecular flexibility index (Phi) is 5.04. The Labute approximate surface area is 152 Å². The summed E-state index contributed by atoms with van der Waals surface area (Å²) in [5.74, 6) is 1.28. The molecule has 0 saturated carbocycles. The average molecular weight is 361 g/mol. The molecule has 2 aromatic carbocycles. The van der Waals surface area contributed by atoms with Gasteiger partial charge in [0.15, 0.2) is 0 Å². The lowest BCUT2D eigenvalue weighted by Crippen LogP contribution is -2.45. The zero-order valence-electron chi connectivity index (χ0n) is 14.5. The molecule has 1 N–H and O–H groups in total. The molecule has 2 amide bonds. The fourth-order valence-corrected chi connectivity index (χ4v) is 2.99. The molecule has 1 aliphatic heterocycles. The molecule has 5 nitrogen and oxygen atoms in total. The number of amides is 2. The number of benzene rings is 2. The van der Waals surface area contributed by atoms with Crippen molar-refractivity contribution in [2.24, 2.45) is 0 Å². The van der Waals surface area contributed by atoms with E-state index in [1.165, 1.54) is 0 Å². The van der Waals surface area contributed by atoms with Gasteiger partial charge in [0.25, 0.3) is 0 Å². The van der Waals surface area contributed by atoms with Crippen LogP contribution in [0.3, 0.4) is 0 Å². The molecule has 132 valence electrons. The number of hydrogen-bond acceptors (Lipinski definition) is 3. The number of carbonyl (C=O) groups excluding carboxylic acids is 1. The van der Waals surface area contributed by atoms with Crippen LogP contribution in [0.4, 0.5) is 16.2 Å². The summed E-state index contributed by atoms with van der Waals surface area (Å²) in [6.45, 7) is 4.46. The number of halogens is 1. The summed E-state index contributed by atoms with van der Waals surface area (Å²) in [4.78, 5) is 14.6. The largest absolute Gasteiger partial charge is 0.495 e. The highest BCUT2D eigenvalue weighted by Gasteiger charge is 2.29. The van der Waals surface area contributed by atoms with Gasteiger partial charge in [-0.15, -0.1) is 0 Å². The van der Waals surface area contributed by atoms with Gasteiger partial charge in [0.05, 0.1) is 25.0 Å². The van der Waals surface area contributed by atoms with Gasteiger partial charge in [-0.2, -0.15) is 0 Å². The Bertz CT molecular complexity index is 794. The number of aryl methyl sites for hydroxylation is 1. The van der Waals surface area contributed by atoms with Crippen molar-refractivity contribution < 1.29 is 14.3 Å². The highest BCUT2D eigenvalue weighted by Crippen LogP contribution is 2.37. The third-order valence-electron chi connectivity index (χ3n) is 4.19. The van der Waals surface area contributed by atoms with Crippen LogP contribution in [0.1, 0.15) is 18.9 Å². The number of carbonyl (C=O) groups is 1. The fraction of sp³-hybridized carbons (Fsp3) is 0.316. The molecule has 2 aromatic rings. The summed E-state index contributed by atoms with van der Waals surface area (Å²) in [5.41, 5.74) is 2.34. The first-order valence-corrected chi connectivity index (χ1v) is 8.59. The van der Waals surface area contributed by atoms with Gasteiger partial charge in [-0.1, -0.05) is 24.6 Å². The Hall–Kier alpha value is -2.40. The second-order valence-corrected chi connectivity index (χ2v) is 6.44. The van der Waals surface area contributed by atoms with Gasteiger partial charge < -0.3 is 14.8 Å². The Morgan fingerprint density at radius 1 is 1.36 bits per heavy atom. The van der Waals surface area contributed by atoms with Crippen LogP contribution in [0.5, 0.6) is 11.5 Å². The van der Waals surface area contributed by atoms with Crippen molar-refractivity contribution in [1.29, 1.82) is 0 Å². The minimum Gasteiger partial charge on any atom is -0.495 e. The van der Waals surface area contributed by atoms with E-state index in [4.69, 9.17) is 21.1 Å². The number of nitrogens with zero attached hydrogens (tertiary/aromatic N) is 1. The summed E-state index contributed by atoms with van der Waals surface area (Å²) in [6, 6.07) is 10.7. The van der Waals surface area contributed by atoms with Crippen molar-refractivity contribution >= 4 is 29.0 Å². The highest BCUT2D eigenvalue weighted by molar-refractivity contribution is 6.31.